The van der Waals surface area contributed by atoms with E-state index in [1.165, 1.54) is 193 Å². The van der Waals surface area contributed by atoms with Crippen LogP contribution in [0.1, 0.15) is 396 Å². The van der Waals surface area contributed by atoms with Crippen LogP contribution in [0.25, 0.3) is 0 Å². The number of phosphoric acid groups is 2. The molecule has 0 rings (SSSR count). The zero-order chi connectivity index (χ0) is 71.7. The molecule has 0 radical (unpaired) electrons. The van der Waals surface area contributed by atoms with Gasteiger partial charge in [0.25, 0.3) is 0 Å². The summed E-state index contributed by atoms with van der Waals surface area (Å²) in [7, 11) is -9.92. The molecule has 0 spiro atoms. The van der Waals surface area contributed by atoms with Gasteiger partial charge in [0.1, 0.15) is 19.3 Å². The molecule has 19 heteroatoms. The molecule has 0 aromatic carbocycles. The SMILES string of the molecule is CC(C)CCCCCCCCCCCCCCCCCC(=O)O[C@H](COC(=O)CCCCCCCCCCCCCC(C)C)COP(=O)(O)OC[C@@H](O)COP(=O)(O)OC[C@@H](COC(=O)CCCCCCCCC(C)C)OC(=O)CCCCCCCCCCCCCCCC(C)C. The molecule has 0 saturated carbocycles. The summed E-state index contributed by atoms with van der Waals surface area (Å²) in [5, 5.41) is 10.6. The molecular weight excluding hydrogens is 1270 g/mol. The van der Waals surface area contributed by atoms with Crippen LogP contribution in [-0.4, -0.2) is 96.7 Å². The lowest BCUT2D eigenvalue weighted by Gasteiger charge is -2.21. The summed E-state index contributed by atoms with van der Waals surface area (Å²) in [6, 6.07) is 0. The minimum absolute atomic E-state index is 0.106. The van der Waals surface area contributed by atoms with Crippen molar-refractivity contribution >= 4 is 39.5 Å². The van der Waals surface area contributed by atoms with Gasteiger partial charge in [0.05, 0.1) is 26.4 Å². The smallest absolute Gasteiger partial charge is 0.462 e. The van der Waals surface area contributed by atoms with E-state index >= 15 is 0 Å². The second-order valence-corrected chi connectivity index (χ2v) is 32.9. The van der Waals surface area contributed by atoms with Crippen molar-refractivity contribution in [2.45, 2.75) is 414 Å². The van der Waals surface area contributed by atoms with Crippen LogP contribution in [-0.2, 0) is 65.4 Å². The van der Waals surface area contributed by atoms with Crippen LogP contribution in [0, 0.1) is 23.7 Å². The lowest BCUT2D eigenvalue weighted by atomic mass is 10.0. The van der Waals surface area contributed by atoms with E-state index in [0.29, 0.717) is 31.6 Å². The number of hydrogen-bond donors (Lipinski definition) is 3. The van der Waals surface area contributed by atoms with Crippen LogP contribution >= 0.6 is 15.6 Å². The third kappa shape index (κ3) is 72.2. The van der Waals surface area contributed by atoms with Gasteiger partial charge in [-0.25, -0.2) is 9.13 Å². The summed E-state index contributed by atoms with van der Waals surface area (Å²) in [5.74, 6) is 0.920. The van der Waals surface area contributed by atoms with Crippen LogP contribution in [0.5, 0.6) is 0 Å². The van der Waals surface area contributed by atoms with Gasteiger partial charge in [0, 0.05) is 25.7 Å². The number of hydrogen-bond acceptors (Lipinski definition) is 15. The zero-order valence-electron chi connectivity index (χ0n) is 63.7. The maximum absolute atomic E-state index is 13.1. The number of esters is 4. The van der Waals surface area contributed by atoms with Crippen molar-refractivity contribution in [3.8, 4) is 0 Å². The molecule has 0 aliphatic carbocycles. The normalized spacial score (nSPS) is 14.1. The van der Waals surface area contributed by atoms with Gasteiger partial charge in [-0.3, -0.25) is 37.3 Å². The Labute approximate surface area is 594 Å². The standard InChI is InChI=1S/C78H152O17P2/c1-68(2)54-46-38-30-24-18-13-10-9-11-15-21-28-34-44-52-60-77(82)94-73(64-88-75(80)58-50-42-33-27-23-17-20-26-32-40-48-56-70(5)6)66-92-96(84,85)90-62-72(79)63-91-97(86,87)93-67-74(65-89-76(81)59-51-43-37-36-41-49-57-71(7)8)95-78(83)61-53-45-35-29-22-16-12-14-19-25-31-39-47-55-69(3)4/h68-74,79H,9-67H2,1-8H3,(H,84,85)(H,86,87)/t72-,73-,74-/m1/s1. The fourth-order valence-corrected chi connectivity index (χ4v) is 13.5. The molecular formula is C78H152O17P2. The van der Waals surface area contributed by atoms with Crippen LogP contribution in [0.3, 0.4) is 0 Å². The molecule has 3 N–H and O–H groups in total. The summed E-state index contributed by atoms with van der Waals surface area (Å²) in [5.41, 5.74) is 0. The molecule has 0 aromatic rings. The molecule has 2 unspecified atom stereocenters. The average molecular weight is 1420 g/mol. The van der Waals surface area contributed by atoms with Gasteiger partial charge in [0.2, 0.25) is 0 Å². The van der Waals surface area contributed by atoms with E-state index in [0.717, 1.165) is 114 Å². The van der Waals surface area contributed by atoms with Gasteiger partial charge < -0.3 is 33.8 Å². The maximum Gasteiger partial charge on any atom is 0.472 e. The first kappa shape index (κ1) is 95.1. The first-order valence-electron chi connectivity index (χ1n) is 40.2. The third-order valence-corrected chi connectivity index (χ3v) is 20.0. The Morgan fingerprint density at radius 3 is 0.639 bits per heavy atom. The summed E-state index contributed by atoms with van der Waals surface area (Å²) in [6.45, 7) is 14.2. The number of carbonyl (C=O) groups excluding carboxylic acids is 4. The first-order chi connectivity index (χ1) is 46.6. The Morgan fingerprint density at radius 1 is 0.258 bits per heavy atom. The summed E-state index contributed by atoms with van der Waals surface area (Å²) in [4.78, 5) is 72.9. The molecule has 97 heavy (non-hydrogen) atoms. The van der Waals surface area contributed by atoms with Crippen LogP contribution in [0.2, 0.25) is 0 Å². The second kappa shape index (κ2) is 67.2. The van der Waals surface area contributed by atoms with Crippen molar-refractivity contribution in [2.75, 3.05) is 39.6 Å². The lowest BCUT2D eigenvalue weighted by molar-refractivity contribution is -0.161. The fraction of sp³-hybridized carbons (Fsp3) is 0.949. The summed E-state index contributed by atoms with van der Waals surface area (Å²) in [6.07, 6.45) is 52.8. The van der Waals surface area contributed by atoms with Gasteiger partial charge >= 0.3 is 39.5 Å². The van der Waals surface area contributed by atoms with Crippen molar-refractivity contribution in [1.82, 2.24) is 0 Å². The minimum Gasteiger partial charge on any atom is -0.462 e. The van der Waals surface area contributed by atoms with E-state index in [9.17, 15) is 43.2 Å². The molecule has 17 nitrogen and oxygen atoms in total. The van der Waals surface area contributed by atoms with Gasteiger partial charge in [-0.05, 0) is 49.4 Å². The fourth-order valence-electron chi connectivity index (χ4n) is 11.9. The highest BCUT2D eigenvalue weighted by Crippen LogP contribution is 2.45. The number of aliphatic hydroxyl groups excluding tert-OH is 1. The number of rotatable bonds is 75. The Kier molecular flexibility index (Phi) is 65.9. The van der Waals surface area contributed by atoms with Crippen molar-refractivity contribution in [2.24, 2.45) is 23.7 Å². The van der Waals surface area contributed by atoms with Gasteiger partial charge in [0.15, 0.2) is 12.2 Å². The molecule has 0 saturated heterocycles. The quantitative estimate of drug-likeness (QED) is 0.0222. The molecule has 0 fully saturated rings. The van der Waals surface area contributed by atoms with Crippen LogP contribution < -0.4 is 0 Å². The highest BCUT2D eigenvalue weighted by Gasteiger charge is 2.30. The van der Waals surface area contributed by atoms with Crippen LogP contribution in [0.4, 0.5) is 0 Å². The Morgan fingerprint density at radius 2 is 0.433 bits per heavy atom. The van der Waals surface area contributed by atoms with E-state index in [-0.39, 0.29) is 25.7 Å². The first-order valence-corrected chi connectivity index (χ1v) is 43.2. The topological polar surface area (TPSA) is 237 Å². The third-order valence-electron chi connectivity index (χ3n) is 18.1. The average Bonchev–Trinajstić information content (AvgIpc) is 1.14. The predicted molar refractivity (Wildman–Crippen MR) is 395 cm³/mol. The molecule has 5 atom stereocenters. The van der Waals surface area contributed by atoms with E-state index in [2.05, 4.69) is 55.4 Å². The minimum atomic E-state index is -4.96. The van der Waals surface area contributed by atoms with Gasteiger partial charge in [-0.2, -0.15) is 0 Å². The Balaban J connectivity index is 5.23. The lowest BCUT2D eigenvalue weighted by Crippen LogP contribution is -2.30. The highest BCUT2D eigenvalue weighted by atomic mass is 31.2. The maximum atomic E-state index is 13.1. The van der Waals surface area contributed by atoms with Crippen molar-refractivity contribution in [1.29, 1.82) is 0 Å². The van der Waals surface area contributed by atoms with Gasteiger partial charge in [-0.1, -0.05) is 344 Å². The number of ether oxygens (including phenoxy) is 4. The summed E-state index contributed by atoms with van der Waals surface area (Å²) < 4.78 is 68.6. The monoisotopic (exact) mass is 1420 g/mol. The molecule has 0 aliphatic heterocycles. The number of aliphatic hydroxyl groups is 1. The van der Waals surface area contributed by atoms with Crippen molar-refractivity contribution < 1.29 is 80.2 Å². The molecule has 0 bridgehead atoms. The molecule has 576 valence electrons. The van der Waals surface area contributed by atoms with Crippen LogP contribution in [0.15, 0.2) is 0 Å². The van der Waals surface area contributed by atoms with E-state index in [4.69, 9.17) is 37.0 Å². The van der Waals surface area contributed by atoms with E-state index in [1.807, 2.05) is 0 Å². The number of phosphoric ester groups is 2. The second-order valence-electron chi connectivity index (χ2n) is 30.0. The molecule has 0 aromatic heterocycles. The molecule has 0 heterocycles. The molecule has 0 aliphatic rings. The Bertz CT molecular complexity index is 1900. The number of unbranched alkanes of at least 4 members (excludes halogenated alkanes) is 41. The predicted octanol–water partition coefficient (Wildman–Crippen LogP) is 22.8. The molecule has 0 amide bonds. The van der Waals surface area contributed by atoms with Crippen molar-refractivity contribution in [3.05, 3.63) is 0 Å². The summed E-state index contributed by atoms with van der Waals surface area (Å²) >= 11 is 0. The van der Waals surface area contributed by atoms with E-state index < -0.39 is 97.5 Å². The van der Waals surface area contributed by atoms with Gasteiger partial charge in [-0.15, -0.1) is 0 Å². The number of carbonyl (C=O) groups is 4. The zero-order valence-corrected chi connectivity index (χ0v) is 65.5. The largest absolute Gasteiger partial charge is 0.472 e. The highest BCUT2D eigenvalue weighted by molar-refractivity contribution is 7.47. The van der Waals surface area contributed by atoms with Crippen molar-refractivity contribution in [3.63, 3.8) is 0 Å². The van der Waals surface area contributed by atoms with E-state index in [1.54, 1.807) is 0 Å². The Hall–Kier alpha value is -1.94.